The molecule has 2 heterocycles. The molecule has 0 aromatic heterocycles. The number of Topliss-reactive ketones (excluding diaryl/α,β-unsaturated/α-hetero) is 1. The van der Waals surface area contributed by atoms with Crippen LogP contribution in [0.1, 0.15) is 58.6 Å². The van der Waals surface area contributed by atoms with E-state index in [0.717, 1.165) is 36.5 Å². The van der Waals surface area contributed by atoms with Gasteiger partial charge in [0, 0.05) is 52.2 Å². The smallest absolute Gasteiger partial charge is 0.209 e. The number of carbonyl (C=O) groups excluding carboxylic acids is 1. The first-order valence-electron chi connectivity index (χ1n) is 12.6. The molecular formula is C31H34N2O2. The number of fused-ring (bicyclic) bond motifs is 2. The van der Waals surface area contributed by atoms with Gasteiger partial charge >= 0.3 is 0 Å². The third-order valence-corrected chi connectivity index (χ3v) is 8.02. The molecule has 4 heteroatoms. The van der Waals surface area contributed by atoms with Gasteiger partial charge in [-0.15, -0.1) is 0 Å². The molecule has 35 heavy (non-hydrogen) atoms. The molecule has 2 aromatic carbocycles. The van der Waals surface area contributed by atoms with Crippen LogP contribution < -0.4 is 10.0 Å². The van der Waals surface area contributed by atoms with E-state index in [0.29, 0.717) is 5.57 Å². The molecule has 3 aliphatic rings. The molecule has 0 N–H and O–H groups in total. The zero-order valence-corrected chi connectivity index (χ0v) is 21.6. The predicted octanol–water partition coefficient (Wildman–Crippen LogP) is 5.30. The van der Waals surface area contributed by atoms with Crippen LogP contribution in [-0.4, -0.2) is 29.7 Å². The lowest BCUT2D eigenvalue weighted by atomic mass is 9.77. The highest BCUT2D eigenvalue weighted by atomic mass is 16.3. The number of hydrogen-bond donors (Lipinski definition) is 0. The van der Waals surface area contributed by atoms with Crippen molar-refractivity contribution in [3.05, 3.63) is 94.4 Å². The van der Waals surface area contributed by atoms with Crippen molar-refractivity contribution < 1.29 is 14.5 Å². The molecule has 0 fully saturated rings. The van der Waals surface area contributed by atoms with Gasteiger partial charge in [-0.05, 0) is 38.0 Å². The molecule has 5 rings (SSSR count). The van der Waals surface area contributed by atoms with Gasteiger partial charge in [-0.25, -0.2) is 0 Å². The maximum atomic E-state index is 13.3. The number of benzene rings is 2. The summed E-state index contributed by atoms with van der Waals surface area (Å²) in [6.45, 7) is 11.7. The molecule has 2 aromatic rings. The van der Waals surface area contributed by atoms with Crippen LogP contribution in [-0.2, 0) is 15.6 Å². The number of para-hydroxylation sites is 2. The first-order valence-corrected chi connectivity index (χ1v) is 12.6. The Morgan fingerprint density at radius 3 is 2.26 bits per heavy atom. The minimum Gasteiger partial charge on any atom is -0.871 e. The normalized spacial score (nSPS) is 22.2. The molecule has 0 unspecified atom stereocenters. The molecule has 0 amide bonds. The maximum absolute atomic E-state index is 13.3. The first kappa shape index (κ1) is 23.3. The number of allylic oxidation sites excluding steroid dienone is 5. The van der Waals surface area contributed by atoms with Crippen molar-refractivity contribution >= 4 is 22.9 Å². The Kier molecular flexibility index (Phi) is 5.39. The van der Waals surface area contributed by atoms with Gasteiger partial charge in [-0.3, -0.25) is 4.79 Å². The molecule has 0 saturated carbocycles. The van der Waals surface area contributed by atoms with Gasteiger partial charge in [-0.2, -0.15) is 4.58 Å². The number of nitrogens with zero attached hydrogens (tertiary/aromatic N) is 2. The molecule has 0 saturated heterocycles. The van der Waals surface area contributed by atoms with Crippen molar-refractivity contribution in [3.8, 4) is 0 Å². The summed E-state index contributed by atoms with van der Waals surface area (Å²) in [5, 5.41) is 13.3. The number of ketones is 1. The van der Waals surface area contributed by atoms with E-state index < -0.39 is 0 Å². The van der Waals surface area contributed by atoms with Crippen molar-refractivity contribution in [1.82, 2.24) is 0 Å². The Balaban J connectivity index is 1.55. The van der Waals surface area contributed by atoms with Crippen molar-refractivity contribution in [2.75, 3.05) is 18.5 Å². The predicted molar refractivity (Wildman–Crippen MR) is 140 cm³/mol. The fraction of sp³-hybridized carbons (Fsp3) is 0.355. The highest BCUT2D eigenvalue weighted by molar-refractivity contribution is 6.24. The summed E-state index contributed by atoms with van der Waals surface area (Å²) in [4.78, 5) is 15.6. The molecule has 1 aliphatic carbocycles. The van der Waals surface area contributed by atoms with Crippen LogP contribution in [0.25, 0.3) is 0 Å². The summed E-state index contributed by atoms with van der Waals surface area (Å²) >= 11 is 0. The third-order valence-electron chi connectivity index (χ3n) is 8.02. The van der Waals surface area contributed by atoms with Crippen molar-refractivity contribution in [2.45, 2.75) is 58.3 Å². The Hall–Kier alpha value is -3.40. The monoisotopic (exact) mass is 466 g/mol. The zero-order chi connectivity index (χ0) is 25.1. The molecule has 2 aliphatic heterocycles. The van der Waals surface area contributed by atoms with Crippen LogP contribution in [0.2, 0.25) is 0 Å². The topological polar surface area (TPSA) is 46.4 Å². The second-order valence-corrected chi connectivity index (χ2v) is 10.9. The lowest BCUT2D eigenvalue weighted by molar-refractivity contribution is -0.401. The van der Waals surface area contributed by atoms with Crippen molar-refractivity contribution in [1.29, 1.82) is 0 Å². The molecule has 0 atom stereocenters. The van der Waals surface area contributed by atoms with E-state index in [1.807, 2.05) is 31.3 Å². The van der Waals surface area contributed by atoms with E-state index >= 15 is 0 Å². The van der Waals surface area contributed by atoms with E-state index in [-0.39, 0.29) is 27.9 Å². The van der Waals surface area contributed by atoms with Crippen LogP contribution in [0.5, 0.6) is 0 Å². The Bertz CT molecular complexity index is 1370. The fourth-order valence-electron chi connectivity index (χ4n) is 5.89. The lowest BCUT2D eigenvalue weighted by Gasteiger charge is -2.33. The maximum Gasteiger partial charge on any atom is 0.209 e. The Morgan fingerprint density at radius 2 is 1.60 bits per heavy atom. The van der Waals surface area contributed by atoms with Gasteiger partial charge in [0.25, 0.3) is 0 Å². The van der Waals surface area contributed by atoms with Crippen LogP contribution in [0.15, 0.2) is 83.3 Å². The van der Waals surface area contributed by atoms with Crippen LogP contribution in [0, 0.1) is 0 Å². The highest BCUT2D eigenvalue weighted by Crippen LogP contribution is 2.49. The van der Waals surface area contributed by atoms with E-state index in [9.17, 15) is 9.90 Å². The number of unbranched alkanes of at least 4 members (excludes halogenated alkanes) is 1. The molecule has 0 spiro atoms. The Labute approximate surface area is 208 Å². The van der Waals surface area contributed by atoms with Gasteiger partial charge in [0.05, 0.1) is 5.41 Å². The lowest BCUT2D eigenvalue weighted by Crippen LogP contribution is -2.34. The van der Waals surface area contributed by atoms with E-state index in [4.69, 9.17) is 0 Å². The SMILES string of the molecule is CCCCN1/C(=C/C2=C([O-])C(=C/C3=[N+](C)c4ccccc4C3(C)C)/C2=O)C(C)(C)c2ccccc21. The van der Waals surface area contributed by atoms with Gasteiger partial charge in [0.15, 0.2) is 11.5 Å². The second kappa shape index (κ2) is 8.08. The summed E-state index contributed by atoms with van der Waals surface area (Å²) in [7, 11) is 2.00. The van der Waals surface area contributed by atoms with Gasteiger partial charge in [0.2, 0.25) is 5.69 Å². The average Bonchev–Trinajstić information content (AvgIpc) is 3.18. The number of rotatable bonds is 5. The van der Waals surface area contributed by atoms with E-state index in [2.05, 4.69) is 80.5 Å². The molecule has 0 bridgehead atoms. The largest absolute Gasteiger partial charge is 0.871 e. The third kappa shape index (κ3) is 3.34. The molecule has 180 valence electrons. The standard InChI is InChI=1S/C31H34N2O2/c1-7-8-17-33-25-16-12-10-14-23(25)31(4,5)27(33)19-21-28(34)20(29(21)35)18-26-30(2,3)22-13-9-11-15-24(22)32(26)6/h9-16,18-19H,7-8,17H2,1-6H3. The van der Waals surface area contributed by atoms with Crippen LogP contribution in [0.3, 0.4) is 0 Å². The molecule has 4 nitrogen and oxygen atoms in total. The van der Waals surface area contributed by atoms with E-state index in [1.165, 1.54) is 16.8 Å². The van der Waals surface area contributed by atoms with Crippen LogP contribution in [0.4, 0.5) is 11.4 Å². The molecule has 0 radical (unpaired) electrons. The van der Waals surface area contributed by atoms with Gasteiger partial charge < -0.3 is 10.0 Å². The quantitative estimate of drug-likeness (QED) is 0.444. The highest BCUT2D eigenvalue weighted by Gasteiger charge is 2.45. The first-order chi connectivity index (χ1) is 16.6. The summed E-state index contributed by atoms with van der Waals surface area (Å²) in [6, 6.07) is 16.7. The summed E-state index contributed by atoms with van der Waals surface area (Å²) in [5.74, 6) is -0.310. The summed E-state index contributed by atoms with van der Waals surface area (Å²) in [6.07, 6.45) is 5.80. The summed E-state index contributed by atoms with van der Waals surface area (Å²) in [5.41, 5.74) is 6.76. The fourth-order valence-corrected chi connectivity index (χ4v) is 5.89. The zero-order valence-electron chi connectivity index (χ0n) is 21.6. The van der Waals surface area contributed by atoms with E-state index in [1.54, 1.807) is 0 Å². The van der Waals surface area contributed by atoms with Crippen molar-refractivity contribution in [3.63, 3.8) is 0 Å². The van der Waals surface area contributed by atoms with Gasteiger partial charge in [0.1, 0.15) is 7.05 Å². The van der Waals surface area contributed by atoms with Gasteiger partial charge in [-0.1, -0.05) is 69.3 Å². The summed E-state index contributed by atoms with van der Waals surface area (Å²) < 4.78 is 2.10. The van der Waals surface area contributed by atoms with Crippen molar-refractivity contribution in [2.24, 2.45) is 0 Å². The average molecular weight is 467 g/mol. The minimum absolute atomic E-state index is 0.155. The number of carbonyl (C=O) groups is 1. The van der Waals surface area contributed by atoms with Crippen LogP contribution >= 0.6 is 0 Å². The minimum atomic E-state index is -0.279. The Morgan fingerprint density at radius 1 is 0.943 bits per heavy atom. The molecular weight excluding hydrogens is 432 g/mol. The number of anilines is 1. The number of hydrogen-bond acceptors (Lipinski definition) is 3. The second-order valence-electron chi connectivity index (χ2n) is 10.9.